The largest absolute Gasteiger partial charge is 0.480 e. The third-order valence-corrected chi connectivity index (χ3v) is 2.83. The highest BCUT2D eigenvalue weighted by atomic mass is 16.5. The van der Waals surface area contributed by atoms with Gasteiger partial charge < -0.3 is 20.5 Å². The molecular formula is C11H20N2O4. The number of carbonyl (C=O) groups is 2. The van der Waals surface area contributed by atoms with Crippen LogP contribution in [0.25, 0.3) is 0 Å². The van der Waals surface area contributed by atoms with Crippen molar-refractivity contribution in [3.63, 3.8) is 0 Å². The van der Waals surface area contributed by atoms with Gasteiger partial charge in [-0.2, -0.15) is 0 Å². The van der Waals surface area contributed by atoms with Crippen LogP contribution >= 0.6 is 0 Å². The van der Waals surface area contributed by atoms with E-state index in [2.05, 4.69) is 10.6 Å². The van der Waals surface area contributed by atoms with Gasteiger partial charge in [-0.25, -0.2) is 4.79 Å². The third kappa shape index (κ3) is 4.70. The molecule has 0 aromatic rings. The van der Waals surface area contributed by atoms with Crippen LogP contribution < -0.4 is 10.6 Å². The molecule has 0 aromatic heterocycles. The van der Waals surface area contributed by atoms with E-state index in [4.69, 9.17) is 9.84 Å². The average Bonchev–Trinajstić information content (AvgIpc) is 2.81. The fraction of sp³-hybridized carbons (Fsp3) is 0.818. The van der Waals surface area contributed by atoms with Crippen molar-refractivity contribution in [3.05, 3.63) is 0 Å². The molecule has 6 heteroatoms. The molecule has 1 saturated heterocycles. The van der Waals surface area contributed by atoms with Crippen molar-refractivity contribution < 1.29 is 19.4 Å². The summed E-state index contributed by atoms with van der Waals surface area (Å²) >= 11 is 0. The van der Waals surface area contributed by atoms with E-state index in [9.17, 15) is 9.59 Å². The lowest BCUT2D eigenvalue weighted by Crippen LogP contribution is -2.48. The van der Waals surface area contributed by atoms with Gasteiger partial charge in [-0.1, -0.05) is 0 Å². The number of amides is 1. The Morgan fingerprint density at radius 2 is 2.35 bits per heavy atom. The van der Waals surface area contributed by atoms with Crippen LogP contribution in [0.2, 0.25) is 0 Å². The molecule has 2 atom stereocenters. The van der Waals surface area contributed by atoms with E-state index in [1.807, 2.05) is 0 Å². The van der Waals surface area contributed by atoms with Crippen molar-refractivity contribution in [3.8, 4) is 0 Å². The maximum atomic E-state index is 11.7. The van der Waals surface area contributed by atoms with Crippen LogP contribution in [0.4, 0.5) is 0 Å². The Morgan fingerprint density at radius 1 is 1.59 bits per heavy atom. The van der Waals surface area contributed by atoms with E-state index in [0.29, 0.717) is 19.4 Å². The van der Waals surface area contributed by atoms with Crippen molar-refractivity contribution in [2.24, 2.45) is 0 Å². The first-order chi connectivity index (χ1) is 8.15. The molecule has 3 N–H and O–H groups in total. The predicted molar refractivity (Wildman–Crippen MR) is 61.7 cm³/mol. The zero-order valence-electron chi connectivity index (χ0n) is 10.1. The van der Waals surface area contributed by atoms with Crippen molar-refractivity contribution in [1.82, 2.24) is 10.6 Å². The van der Waals surface area contributed by atoms with E-state index in [-0.39, 0.29) is 11.9 Å². The zero-order valence-corrected chi connectivity index (χ0v) is 10.1. The molecule has 17 heavy (non-hydrogen) atoms. The summed E-state index contributed by atoms with van der Waals surface area (Å²) in [6, 6.07) is -1.06. The topological polar surface area (TPSA) is 87.7 Å². The van der Waals surface area contributed by atoms with E-state index >= 15 is 0 Å². The van der Waals surface area contributed by atoms with Crippen LogP contribution in [0, 0.1) is 0 Å². The van der Waals surface area contributed by atoms with Crippen LogP contribution in [0.15, 0.2) is 0 Å². The lowest BCUT2D eigenvalue weighted by molar-refractivity contribution is -0.142. The number of methoxy groups -OCH3 is 1. The van der Waals surface area contributed by atoms with E-state index < -0.39 is 12.0 Å². The molecule has 0 spiro atoms. The van der Waals surface area contributed by atoms with Crippen molar-refractivity contribution in [2.45, 2.75) is 37.8 Å². The Balaban J connectivity index is 2.36. The molecular weight excluding hydrogens is 224 g/mol. The molecule has 1 heterocycles. The first-order valence-electron chi connectivity index (χ1n) is 5.90. The normalized spacial score (nSPS) is 21.1. The lowest BCUT2D eigenvalue weighted by Gasteiger charge is -2.17. The Kier molecular flexibility index (Phi) is 5.93. The number of ether oxygens (including phenoxy) is 1. The predicted octanol–water partition coefficient (Wildman–Crippen LogP) is -0.266. The second-order valence-electron chi connectivity index (χ2n) is 4.18. The lowest BCUT2D eigenvalue weighted by atomic mass is 10.1. The Bertz CT molecular complexity index is 264. The summed E-state index contributed by atoms with van der Waals surface area (Å²) in [6.45, 7) is 1.32. The molecule has 0 saturated carbocycles. The number of nitrogens with one attached hydrogen (secondary N) is 2. The van der Waals surface area contributed by atoms with Crippen LogP contribution in [-0.4, -0.2) is 49.3 Å². The summed E-state index contributed by atoms with van der Waals surface area (Å²) in [4.78, 5) is 22.7. The van der Waals surface area contributed by atoms with Crippen molar-refractivity contribution >= 4 is 11.9 Å². The number of hydrogen-bond acceptors (Lipinski definition) is 4. The summed E-state index contributed by atoms with van der Waals surface area (Å²) in [5, 5.41) is 14.6. The van der Waals surface area contributed by atoms with E-state index in [0.717, 1.165) is 19.4 Å². The molecule has 2 unspecified atom stereocenters. The number of carboxylic acids is 1. The maximum Gasteiger partial charge on any atom is 0.326 e. The average molecular weight is 244 g/mol. The maximum absolute atomic E-state index is 11.7. The highest BCUT2D eigenvalue weighted by Crippen LogP contribution is 2.06. The van der Waals surface area contributed by atoms with Crippen LogP contribution in [0.5, 0.6) is 0 Å². The van der Waals surface area contributed by atoms with Crippen LogP contribution in [0.3, 0.4) is 0 Å². The van der Waals surface area contributed by atoms with Gasteiger partial charge in [0.1, 0.15) is 6.04 Å². The molecule has 0 aromatic carbocycles. The molecule has 1 aliphatic heterocycles. The van der Waals surface area contributed by atoms with E-state index in [1.54, 1.807) is 7.11 Å². The number of carbonyl (C=O) groups excluding carboxylic acids is 1. The van der Waals surface area contributed by atoms with Crippen molar-refractivity contribution in [1.29, 1.82) is 0 Å². The second kappa shape index (κ2) is 7.24. The first kappa shape index (κ1) is 13.9. The van der Waals surface area contributed by atoms with Gasteiger partial charge in [0.25, 0.3) is 0 Å². The van der Waals surface area contributed by atoms with Gasteiger partial charge in [-0.15, -0.1) is 0 Å². The molecule has 0 bridgehead atoms. The minimum atomic E-state index is -0.993. The van der Waals surface area contributed by atoms with Gasteiger partial charge in [-0.05, 0) is 32.2 Å². The number of rotatable bonds is 7. The molecule has 1 fully saturated rings. The third-order valence-electron chi connectivity index (χ3n) is 2.83. The number of hydrogen-bond donors (Lipinski definition) is 3. The fourth-order valence-corrected chi connectivity index (χ4v) is 1.87. The van der Waals surface area contributed by atoms with Gasteiger partial charge in [0.15, 0.2) is 0 Å². The summed E-state index contributed by atoms with van der Waals surface area (Å²) in [5.74, 6) is -1.21. The first-order valence-corrected chi connectivity index (χ1v) is 5.90. The Hall–Kier alpha value is -1.14. The quantitative estimate of drug-likeness (QED) is 0.537. The molecule has 1 rings (SSSR count). The smallest absolute Gasteiger partial charge is 0.326 e. The monoisotopic (exact) mass is 244 g/mol. The second-order valence-corrected chi connectivity index (χ2v) is 4.18. The minimum absolute atomic E-state index is 0.215. The van der Waals surface area contributed by atoms with E-state index in [1.165, 1.54) is 0 Å². The molecule has 1 amide bonds. The van der Waals surface area contributed by atoms with Gasteiger partial charge in [0.05, 0.1) is 6.04 Å². The highest BCUT2D eigenvalue weighted by molar-refractivity contribution is 5.87. The Labute approximate surface area is 101 Å². The summed E-state index contributed by atoms with van der Waals surface area (Å²) in [5.41, 5.74) is 0. The summed E-state index contributed by atoms with van der Waals surface area (Å²) in [6.07, 6.45) is 2.74. The molecule has 6 nitrogen and oxygen atoms in total. The summed E-state index contributed by atoms with van der Waals surface area (Å²) < 4.78 is 4.86. The van der Waals surface area contributed by atoms with Gasteiger partial charge in [-0.3, -0.25) is 4.79 Å². The fourth-order valence-electron chi connectivity index (χ4n) is 1.87. The molecule has 0 radical (unpaired) electrons. The summed E-state index contributed by atoms with van der Waals surface area (Å²) in [7, 11) is 1.57. The number of aliphatic carboxylic acids is 1. The number of carboxylic acid groups (broad SMARTS) is 1. The standard InChI is InChI=1S/C11H20N2O4/c1-17-7-3-5-9(11(15)16)13-10(14)8-4-2-6-12-8/h8-9,12H,2-7H2,1H3,(H,13,14)(H,15,16). The zero-order chi connectivity index (χ0) is 12.7. The minimum Gasteiger partial charge on any atom is -0.480 e. The van der Waals surface area contributed by atoms with Crippen molar-refractivity contribution in [2.75, 3.05) is 20.3 Å². The van der Waals surface area contributed by atoms with Gasteiger partial charge in [0.2, 0.25) is 5.91 Å². The van der Waals surface area contributed by atoms with Gasteiger partial charge in [0, 0.05) is 13.7 Å². The molecule has 98 valence electrons. The van der Waals surface area contributed by atoms with Crippen LogP contribution in [-0.2, 0) is 14.3 Å². The highest BCUT2D eigenvalue weighted by Gasteiger charge is 2.26. The van der Waals surface area contributed by atoms with Crippen LogP contribution in [0.1, 0.15) is 25.7 Å². The SMILES string of the molecule is COCCCC(NC(=O)C1CCCN1)C(=O)O. The molecule has 0 aliphatic carbocycles. The van der Waals surface area contributed by atoms with Gasteiger partial charge >= 0.3 is 5.97 Å². The molecule has 1 aliphatic rings. The Morgan fingerprint density at radius 3 is 2.88 bits per heavy atom.